The molecule has 4 nitrogen and oxygen atoms in total. The van der Waals surface area contributed by atoms with Crippen LogP contribution in [0.2, 0.25) is 0 Å². The summed E-state index contributed by atoms with van der Waals surface area (Å²) in [7, 11) is -3.24. The van der Waals surface area contributed by atoms with Crippen molar-refractivity contribution in [3.63, 3.8) is 0 Å². The van der Waals surface area contributed by atoms with Crippen LogP contribution in [0.25, 0.3) is 0 Å². The maximum absolute atomic E-state index is 11.7. The summed E-state index contributed by atoms with van der Waals surface area (Å²) in [6, 6.07) is 7.22. The van der Waals surface area contributed by atoms with Gasteiger partial charge < -0.3 is 5.32 Å². The Morgan fingerprint density at radius 2 is 2.25 bits per heavy atom. The third kappa shape index (κ3) is 3.20. The van der Waals surface area contributed by atoms with E-state index in [1.54, 1.807) is 18.2 Å². The zero-order chi connectivity index (χ0) is 11.6. The molecule has 88 valence electrons. The zero-order valence-electron chi connectivity index (χ0n) is 8.61. The molecule has 0 aliphatic carbocycles. The van der Waals surface area contributed by atoms with Crippen molar-refractivity contribution in [2.45, 2.75) is 12.5 Å². The Kier molecular flexibility index (Phi) is 3.51. The lowest BCUT2D eigenvalue weighted by Crippen LogP contribution is -2.48. The van der Waals surface area contributed by atoms with Crippen LogP contribution in [-0.2, 0) is 10.0 Å². The summed E-state index contributed by atoms with van der Waals surface area (Å²) in [5.41, 5.74) is 0.591. The van der Waals surface area contributed by atoms with Crippen molar-refractivity contribution in [2.75, 3.05) is 17.0 Å². The standard InChI is InChI=1S/C10H13BrN2O2S/c11-8-2-1-3-9(6-8)13-16(14,15)7-10-4-5-12-10/h1-3,6,10,12-13H,4-5,7H2. The lowest BCUT2D eigenvalue weighted by molar-refractivity contribution is 0.399. The van der Waals surface area contributed by atoms with Crippen molar-refractivity contribution in [3.8, 4) is 0 Å². The highest BCUT2D eigenvalue weighted by Gasteiger charge is 2.23. The smallest absolute Gasteiger partial charge is 0.234 e. The number of sulfonamides is 1. The highest BCUT2D eigenvalue weighted by atomic mass is 79.9. The molecule has 1 heterocycles. The van der Waals surface area contributed by atoms with E-state index >= 15 is 0 Å². The van der Waals surface area contributed by atoms with E-state index < -0.39 is 10.0 Å². The molecule has 1 atom stereocenters. The largest absolute Gasteiger partial charge is 0.313 e. The molecule has 1 aromatic rings. The van der Waals surface area contributed by atoms with Crippen LogP contribution >= 0.6 is 15.9 Å². The van der Waals surface area contributed by atoms with Gasteiger partial charge in [0.25, 0.3) is 0 Å². The maximum atomic E-state index is 11.7. The van der Waals surface area contributed by atoms with Gasteiger partial charge in [-0.25, -0.2) is 8.42 Å². The van der Waals surface area contributed by atoms with Crippen molar-refractivity contribution in [2.24, 2.45) is 0 Å². The van der Waals surface area contributed by atoms with E-state index in [1.165, 1.54) is 0 Å². The SMILES string of the molecule is O=S(=O)(CC1CCN1)Nc1cccc(Br)c1. The van der Waals surface area contributed by atoms with Gasteiger partial charge in [-0.3, -0.25) is 4.72 Å². The zero-order valence-corrected chi connectivity index (χ0v) is 11.0. The molecule has 16 heavy (non-hydrogen) atoms. The predicted octanol–water partition coefficient (Wildman–Crippen LogP) is 1.55. The fourth-order valence-electron chi connectivity index (χ4n) is 1.53. The van der Waals surface area contributed by atoms with Gasteiger partial charge >= 0.3 is 0 Å². The molecule has 2 rings (SSSR count). The quantitative estimate of drug-likeness (QED) is 0.887. The predicted molar refractivity (Wildman–Crippen MR) is 68.0 cm³/mol. The molecule has 0 saturated carbocycles. The second-order valence-electron chi connectivity index (χ2n) is 3.83. The van der Waals surface area contributed by atoms with Crippen LogP contribution in [-0.4, -0.2) is 26.8 Å². The average Bonchev–Trinajstić information content (AvgIpc) is 2.11. The third-order valence-corrected chi connectivity index (χ3v) is 4.33. The summed E-state index contributed by atoms with van der Waals surface area (Å²) in [5, 5.41) is 3.07. The fourth-order valence-corrected chi connectivity index (χ4v) is 3.31. The molecular weight excluding hydrogens is 292 g/mol. The van der Waals surface area contributed by atoms with Gasteiger partial charge in [0.1, 0.15) is 0 Å². The van der Waals surface area contributed by atoms with Gasteiger partial charge in [-0.15, -0.1) is 0 Å². The van der Waals surface area contributed by atoms with Crippen LogP contribution in [0.5, 0.6) is 0 Å². The van der Waals surface area contributed by atoms with E-state index in [9.17, 15) is 8.42 Å². The summed E-state index contributed by atoms with van der Waals surface area (Å²) in [5.74, 6) is 0.138. The molecule has 6 heteroatoms. The topological polar surface area (TPSA) is 58.2 Å². The first kappa shape index (κ1) is 11.9. The van der Waals surface area contributed by atoms with Crippen molar-refractivity contribution >= 4 is 31.6 Å². The third-order valence-electron chi connectivity index (χ3n) is 2.44. The van der Waals surface area contributed by atoms with Crippen molar-refractivity contribution < 1.29 is 8.42 Å². The molecular formula is C10H13BrN2O2S. The summed E-state index contributed by atoms with van der Waals surface area (Å²) >= 11 is 3.30. The van der Waals surface area contributed by atoms with Crippen molar-refractivity contribution in [1.29, 1.82) is 0 Å². The molecule has 1 fully saturated rings. The number of nitrogens with one attached hydrogen (secondary N) is 2. The summed E-state index contributed by atoms with van der Waals surface area (Å²) in [4.78, 5) is 0. The van der Waals surface area contributed by atoms with Gasteiger partial charge in [-0.2, -0.15) is 0 Å². The van der Waals surface area contributed by atoms with E-state index in [0.29, 0.717) is 5.69 Å². The number of benzene rings is 1. The number of hydrogen-bond donors (Lipinski definition) is 2. The molecule has 1 saturated heterocycles. The normalized spacial score (nSPS) is 20.2. The van der Waals surface area contributed by atoms with Crippen LogP contribution < -0.4 is 10.0 Å². The number of hydrogen-bond acceptors (Lipinski definition) is 3. The summed E-state index contributed by atoms with van der Waals surface area (Å²) < 4.78 is 26.9. The first-order valence-electron chi connectivity index (χ1n) is 5.05. The molecule has 1 unspecified atom stereocenters. The Hall–Kier alpha value is -0.590. The first-order valence-corrected chi connectivity index (χ1v) is 7.49. The van der Waals surface area contributed by atoms with Crippen LogP contribution in [0.4, 0.5) is 5.69 Å². The highest BCUT2D eigenvalue weighted by molar-refractivity contribution is 9.10. The number of rotatable bonds is 4. The average molecular weight is 305 g/mol. The Labute approximate surface area is 104 Å². The van der Waals surface area contributed by atoms with Gasteiger partial charge in [-0.05, 0) is 31.2 Å². The molecule has 0 aromatic heterocycles. The van der Waals surface area contributed by atoms with E-state index in [4.69, 9.17) is 0 Å². The molecule has 1 aliphatic heterocycles. The second kappa shape index (κ2) is 4.73. The van der Waals surface area contributed by atoms with Gasteiger partial charge in [0, 0.05) is 16.2 Å². The molecule has 1 aromatic carbocycles. The van der Waals surface area contributed by atoms with Crippen LogP contribution in [0, 0.1) is 0 Å². The van der Waals surface area contributed by atoms with Crippen LogP contribution in [0.15, 0.2) is 28.7 Å². The highest BCUT2D eigenvalue weighted by Crippen LogP contribution is 2.17. The van der Waals surface area contributed by atoms with Gasteiger partial charge in [-0.1, -0.05) is 22.0 Å². The number of anilines is 1. The minimum Gasteiger partial charge on any atom is -0.313 e. The van der Waals surface area contributed by atoms with Crippen LogP contribution in [0.3, 0.4) is 0 Å². The molecule has 0 amide bonds. The lowest BCUT2D eigenvalue weighted by Gasteiger charge is -2.27. The fraction of sp³-hybridized carbons (Fsp3) is 0.400. The second-order valence-corrected chi connectivity index (χ2v) is 6.52. The molecule has 2 N–H and O–H groups in total. The number of halogens is 1. The van der Waals surface area contributed by atoms with Crippen molar-refractivity contribution in [3.05, 3.63) is 28.7 Å². The maximum Gasteiger partial charge on any atom is 0.234 e. The van der Waals surface area contributed by atoms with Gasteiger partial charge in [0.15, 0.2) is 0 Å². The summed E-state index contributed by atoms with van der Waals surface area (Å²) in [6.45, 7) is 0.914. The Balaban J connectivity index is 2.02. The minimum atomic E-state index is -3.24. The lowest BCUT2D eigenvalue weighted by atomic mass is 10.1. The van der Waals surface area contributed by atoms with E-state index in [0.717, 1.165) is 17.4 Å². The van der Waals surface area contributed by atoms with Gasteiger partial charge in [0.2, 0.25) is 10.0 Å². The first-order chi connectivity index (χ1) is 7.55. The molecule has 0 radical (unpaired) electrons. The Morgan fingerprint density at radius 1 is 1.50 bits per heavy atom. The van der Waals surface area contributed by atoms with E-state index in [2.05, 4.69) is 26.0 Å². The molecule has 0 bridgehead atoms. The minimum absolute atomic E-state index is 0.102. The van der Waals surface area contributed by atoms with E-state index in [1.807, 2.05) is 6.07 Å². The van der Waals surface area contributed by atoms with Gasteiger partial charge in [0.05, 0.1) is 5.75 Å². The monoisotopic (exact) mass is 304 g/mol. The van der Waals surface area contributed by atoms with E-state index in [-0.39, 0.29) is 11.8 Å². The summed E-state index contributed by atoms with van der Waals surface area (Å²) in [6.07, 6.45) is 0.930. The Morgan fingerprint density at radius 3 is 2.81 bits per heavy atom. The molecule has 1 aliphatic rings. The Bertz CT molecular complexity index is 471. The van der Waals surface area contributed by atoms with Crippen LogP contribution in [0.1, 0.15) is 6.42 Å². The molecule has 0 spiro atoms. The van der Waals surface area contributed by atoms with Crippen molar-refractivity contribution in [1.82, 2.24) is 5.32 Å².